The summed E-state index contributed by atoms with van der Waals surface area (Å²) in [5.41, 5.74) is -0.105. The van der Waals surface area contributed by atoms with Crippen molar-refractivity contribution < 1.29 is 18.0 Å². The Bertz CT molecular complexity index is 629. The minimum atomic E-state index is -1.66. The van der Waals surface area contributed by atoms with E-state index in [1.54, 1.807) is 24.3 Å². The third kappa shape index (κ3) is 3.06. The van der Waals surface area contributed by atoms with Crippen LogP contribution in [0, 0.1) is 21.0 Å². The predicted molar refractivity (Wildman–Crippen MR) is 73.4 cm³/mol. The SMILES string of the molecule is O=C(Nc1ccc(I)cc1)c1ccc(F)c(F)c1F. The Labute approximate surface area is 120 Å². The lowest BCUT2D eigenvalue weighted by molar-refractivity contribution is 0.102. The summed E-state index contributed by atoms with van der Waals surface area (Å²) >= 11 is 2.09. The molecule has 19 heavy (non-hydrogen) atoms. The standard InChI is InChI=1S/C13H7F3INO/c14-10-6-5-9(11(15)12(10)16)13(19)18-8-3-1-7(17)2-4-8/h1-6H,(H,18,19). The third-order valence-electron chi connectivity index (χ3n) is 2.38. The maximum atomic E-state index is 13.4. The van der Waals surface area contributed by atoms with E-state index in [1.165, 1.54) is 0 Å². The maximum absolute atomic E-state index is 13.4. The molecule has 2 nitrogen and oxygen atoms in total. The maximum Gasteiger partial charge on any atom is 0.258 e. The van der Waals surface area contributed by atoms with Crippen LogP contribution in [0.1, 0.15) is 10.4 Å². The average molecular weight is 377 g/mol. The summed E-state index contributed by atoms with van der Waals surface area (Å²) in [6.45, 7) is 0. The number of amides is 1. The molecule has 0 aliphatic rings. The molecule has 2 aromatic rings. The van der Waals surface area contributed by atoms with Crippen LogP contribution >= 0.6 is 22.6 Å². The van der Waals surface area contributed by atoms with Gasteiger partial charge in [0.1, 0.15) is 0 Å². The van der Waals surface area contributed by atoms with Crippen molar-refractivity contribution in [2.45, 2.75) is 0 Å². The van der Waals surface area contributed by atoms with Crippen LogP contribution in [-0.4, -0.2) is 5.91 Å². The van der Waals surface area contributed by atoms with Crippen molar-refractivity contribution in [3.8, 4) is 0 Å². The minimum absolute atomic E-state index is 0.439. The smallest absolute Gasteiger partial charge is 0.258 e. The number of carbonyl (C=O) groups excluding carboxylic acids is 1. The monoisotopic (exact) mass is 377 g/mol. The van der Waals surface area contributed by atoms with E-state index in [1.807, 2.05) is 0 Å². The fourth-order valence-corrected chi connectivity index (χ4v) is 1.79. The van der Waals surface area contributed by atoms with Crippen molar-refractivity contribution in [2.75, 3.05) is 5.32 Å². The molecule has 0 aliphatic heterocycles. The molecule has 0 bridgehead atoms. The lowest BCUT2D eigenvalue weighted by Gasteiger charge is -2.07. The third-order valence-corrected chi connectivity index (χ3v) is 3.10. The Hall–Kier alpha value is -1.57. The van der Waals surface area contributed by atoms with E-state index in [-0.39, 0.29) is 0 Å². The summed E-state index contributed by atoms with van der Waals surface area (Å²) in [6.07, 6.45) is 0. The van der Waals surface area contributed by atoms with Gasteiger partial charge in [-0.3, -0.25) is 4.79 Å². The zero-order valence-electron chi connectivity index (χ0n) is 9.38. The van der Waals surface area contributed by atoms with E-state index >= 15 is 0 Å². The summed E-state index contributed by atoms with van der Waals surface area (Å²) in [5.74, 6) is -5.32. The van der Waals surface area contributed by atoms with Crippen LogP contribution in [0.3, 0.4) is 0 Å². The largest absolute Gasteiger partial charge is 0.322 e. The van der Waals surface area contributed by atoms with E-state index in [4.69, 9.17) is 0 Å². The quantitative estimate of drug-likeness (QED) is 0.623. The number of hydrogen-bond acceptors (Lipinski definition) is 1. The van der Waals surface area contributed by atoms with E-state index in [9.17, 15) is 18.0 Å². The molecule has 0 spiro atoms. The molecule has 0 fully saturated rings. The molecule has 98 valence electrons. The molecule has 1 N–H and O–H groups in total. The lowest BCUT2D eigenvalue weighted by atomic mass is 10.1. The molecule has 1 amide bonds. The molecule has 2 rings (SSSR count). The van der Waals surface area contributed by atoms with Crippen molar-refractivity contribution in [1.29, 1.82) is 0 Å². The van der Waals surface area contributed by atoms with E-state index in [0.717, 1.165) is 9.64 Å². The van der Waals surface area contributed by atoms with Gasteiger partial charge in [-0.2, -0.15) is 0 Å². The molecular weight excluding hydrogens is 370 g/mol. The Morgan fingerprint density at radius 2 is 1.58 bits per heavy atom. The summed E-state index contributed by atoms with van der Waals surface area (Å²) in [7, 11) is 0. The van der Waals surface area contributed by atoms with Crippen LogP contribution in [0.25, 0.3) is 0 Å². The van der Waals surface area contributed by atoms with E-state index in [2.05, 4.69) is 27.9 Å². The number of halogens is 4. The van der Waals surface area contributed by atoms with Crippen LogP contribution in [0.15, 0.2) is 36.4 Å². The van der Waals surface area contributed by atoms with Crippen molar-refractivity contribution in [1.82, 2.24) is 0 Å². The highest BCUT2D eigenvalue weighted by atomic mass is 127. The van der Waals surface area contributed by atoms with Gasteiger partial charge in [-0.1, -0.05) is 0 Å². The van der Waals surface area contributed by atoms with Crippen LogP contribution in [-0.2, 0) is 0 Å². The molecule has 0 radical (unpaired) electrons. The summed E-state index contributed by atoms with van der Waals surface area (Å²) in [5, 5.41) is 2.40. The van der Waals surface area contributed by atoms with Crippen LogP contribution in [0.2, 0.25) is 0 Å². The van der Waals surface area contributed by atoms with Gasteiger partial charge in [-0.05, 0) is 59.0 Å². The highest BCUT2D eigenvalue weighted by Gasteiger charge is 2.18. The van der Waals surface area contributed by atoms with Crippen LogP contribution < -0.4 is 5.32 Å². The molecule has 0 atom stereocenters. The summed E-state index contributed by atoms with van der Waals surface area (Å²) in [4.78, 5) is 11.7. The number of carbonyl (C=O) groups is 1. The van der Waals surface area contributed by atoms with Gasteiger partial charge in [0.05, 0.1) is 5.56 Å². The van der Waals surface area contributed by atoms with Crippen molar-refractivity contribution >= 4 is 34.2 Å². The second-order valence-corrected chi connectivity index (χ2v) is 4.93. The number of nitrogens with one attached hydrogen (secondary N) is 1. The molecule has 6 heteroatoms. The van der Waals surface area contributed by atoms with Gasteiger partial charge in [-0.15, -0.1) is 0 Å². The average Bonchev–Trinajstić information content (AvgIpc) is 2.39. The molecule has 0 unspecified atom stereocenters. The highest BCUT2D eigenvalue weighted by molar-refractivity contribution is 14.1. The predicted octanol–water partition coefficient (Wildman–Crippen LogP) is 3.96. The highest BCUT2D eigenvalue weighted by Crippen LogP contribution is 2.17. The first-order chi connectivity index (χ1) is 8.99. The van der Waals surface area contributed by atoms with Gasteiger partial charge in [0.2, 0.25) is 0 Å². The second kappa shape index (κ2) is 5.60. The summed E-state index contributed by atoms with van der Waals surface area (Å²) in [6, 6.07) is 8.35. The zero-order valence-corrected chi connectivity index (χ0v) is 11.5. The van der Waals surface area contributed by atoms with Gasteiger partial charge in [-0.25, -0.2) is 13.2 Å². The number of hydrogen-bond donors (Lipinski definition) is 1. The zero-order chi connectivity index (χ0) is 14.0. The van der Waals surface area contributed by atoms with Crippen LogP contribution in [0.4, 0.5) is 18.9 Å². The number of benzene rings is 2. The second-order valence-electron chi connectivity index (χ2n) is 3.68. The van der Waals surface area contributed by atoms with Gasteiger partial charge in [0.15, 0.2) is 17.5 Å². The van der Waals surface area contributed by atoms with Gasteiger partial charge >= 0.3 is 0 Å². The van der Waals surface area contributed by atoms with Gasteiger partial charge in [0, 0.05) is 9.26 Å². The first-order valence-corrected chi connectivity index (χ1v) is 6.27. The molecule has 0 heterocycles. The molecule has 0 saturated carbocycles. The van der Waals surface area contributed by atoms with Crippen molar-refractivity contribution in [3.05, 3.63) is 63.0 Å². The topological polar surface area (TPSA) is 29.1 Å². The number of rotatable bonds is 2. The molecule has 0 aromatic heterocycles. The summed E-state index contributed by atoms with van der Waals surface area (Å²) < 4.78 is 40.1. The molecular formula is C13H7F3INO. The molecule has 0 aliphatic carbocycles. The van der Waals surface area contributed by atoms with Crippen LogP contribution in [0.5, 0.6) is 0 Å². The van der Waals surface area contributed by atoms with E-state index < -0.39 is 28.9 Å². The van der Waals surface area contributed by atoms with Gasteiger partial charge in [0.25, 0.3) is 5.91 Å². The fraction of sp³-hybridized carbons (Fsp3) is 0. The Morgan fingerprint density at radius 3 is 2.21 bits per heavy atom. The normalized spacial score (nSPS) is 10.3. The van der Waals surface area contributed by atoms with Gasteiger partial charge < -0.3 is 5.32 Å². The Kier molecular flexibility index (Phi) is 4.08. The Balaban J connectivity index is 2.25. The Morgan fingerprint density at radius 1 is 0.947 bits per heavy atom. The number of anilines is 1. The minimum Gasteiger partial charge on any atom is -0.322 e. The molecule has 2 aromatic carbocycles. The molecule has 0 saturated heterocycles. The first-order valence-electron chi connectivity index (χ1n) is 5.19. The lowest BCUT2D eigenvalue weighted by Crippen LogP contribution is -2.15. The van der Waals surface area contributed by atoms with E-state index in [0.29, 0.717) is 11.8 Å². The first kappa shape index (κ1) is 13.9. The van der Waals surface area contributed by atoms with Crippen molar-refractivity contribution in [3.63, 3.8) is 0 Å². The fourth-order valence-electron chi connectivity index (χ4n) is 1.43. The van der Waals surface area contributed by atoms with Crippen molar-refractivity contribution in [2.24, 2.45) is 0 Å².